The lowest BCUT2D eigenvalue weighted by Gasteiger charge is -2.28. The van der Waals surface area contributed by atoms with Crippen molar-refractivity contribution in [2.45, 2.75) is 200 Å². The van der Waals surface area contributed by atoms with E-state index in [1.165, 1.54) is 109 Å². The van der Waals surface area contributed by atoms with Gasteiger partial charge in [-0.1, -0.05) is 154 Å². The molecule has 0 aromatic rings. The summed E-state index contributed by atoms with van der Waals surface area (Å²) in [4.78, 5) is 37.4. The van der Waals surface area contributed by atoms with Gasteiger partial charge < -0.3 is 27.9 Å². The van der Waals surface area contributed by atoms with E-state index in [-0.39, 0.29) is 32.0 Å². The van der Waals surface area contributed by atoms with Gasteiger partial charge in [0, 0.05) is 12.8 Å². The van der Waals surface area contributed by atoms with Crippen molar-refractivity contribution in [3.8, 4) is 0 Å². The third-order valence-electron chi connectivity index (χ3n) is 9.29. The predicted molar refractivity (Wildman–Crippen MR) is 213 cm³/mol. The summed E-state index contributed by atoms with van der Waals surface area (Å²) >= 11 is 0. The van der Waals surface area contributed by atoms with Crippen molar-refractivity contribution < 1.29 is 42.1 Å². The molecule has 0 amide bonds. The van der Waals surface area contributed by atoms with Crippen LogP contribution in [0.15, 0.2) is 12.2 Å². The van der Waals surface area contributed by atoms with Gasteiger partial charge >= 0.3 is 11.9 Å². The summed E-state index contributed by atoms with van der Waals surface area (Å²) in [6, 6.07) is 0. The normalized spacial score (nSPS) is 13.7. The number of carbonyl (C=O) groups excluding carboxylic acids is 2. The lowest BCUT2D eigenvalue weighted by Crippen LogP contribution is -2.37. The van der Waals surface area contributed by atoms with Crippen molar-refractivity contribution in [3.05, 3.63) is 12.2 Å². The minimum absolute atomic E-state index is 0.0290. The number of phosphoric ester groups is 1. The molecule has 2 atom stereocenters. The fraction of sp³-hybridized carbons (Fsp3) is 0.905. The van der Waals surface area contributed by atoms with Crippen LogP contribution in [0.25, 0.3) is 0 Å². The van der Waals surface area contributed by atoms with Gasteiger partial charge in [-0.15, -0.1) is 0 Å². The summed E-state index contributed by atoms with van der Waals surface area (Å²) in [6.45, 7) is 4.22. The average molecular weight is 760 g/mol. The van der Waals surface area contributed by atoms with Crippen LogP contribution in [0.4, 0.5) is 0 Å². The quantitative estimate of drug-likeness (QED) is 0.0200. The smallest absolute Gasteiger partial charge is 0.306 e. The van der Waals surface area contributed by atoms with Crippen LogP contribution >= 0.6 is 7.82 Å². The van der Waals surface area contributed by atoms with Crippen LogP contribution in [-0.4, -0.2) is 70.0 Å². The minimum Gasteiger partial charge on any atom is -0.756 e. The van der Waals surface area contributed by atoms with Crippen LogP contribution in [-0.2, 0) is 32.7 Å². The van der Waals surface area contributed by atoms with E-state index in [0.717, 1.165) is 51.4 Å². The first-order chi connectivity index (χ1) is 25.0. The summed E-state index contributed by atoms with van der Waals surface area (Å²) in [7, 11) is 1.17. The van der Waals surface area contributed by atoms with Crippen LogP contribution in [0.3, 0.4) is 0 Å². The third kappa shape index (κ3) is 38.5. The van der Waals surface area contributed by atoms with E-state index in [0.29, 0.717) is 17.4 Å². The number of phosphoric acid groups is 1. The van der Waals surface area contributed by atoms with Crippen LogP contribution in [0, 0.1) is 0 Å². The first kappa shape index (κ1) is 50.8. The number of esters is 2. The molecule has 0 fully saturated rings. The van der Waals surface area contributed by atoms with Crippen molar-refractivity contribution in [1.29, 1.82) is 0 Å². The number of unbranched alkanes of at least 4 members (excludes halogenated alkanes) is 23. The maximum atomic E-state index is 12.6. The zero-order valence-electron chi connectivity index (χ0n) is 34.5. The molecule has 0 aliphatic heterocycles. The van der Waals surface area contributed by atoms with Gasteiger partial charge in [0.05, 0.1) is 27.7 Å². The molecule has 0 aromatic carbocycles. The number of carbonyl (C=O) groups is 2. The molecular weight excluding hydrogens is 677 g/mol. The van der Waals surface area contributed by atoms with Gasteiger partial charge in [-0.2, -0.15) is 0 Å². The van der Waals surface area contributed by atoms with Gasteiger partial charge in [0.25, 0.3) is 7.82 Å². The summed E-state index contributed by atoms with van der Waals surface area (Å²) in [6.07, 6.45) is 35.1. The van der Waals surface area contributed by atoms with E-state index in [9.17, 15) is 19.0 Å². The van der Waals surface area contributed by atoms with E-state index in [1.807, 2.05) is 21.1 Å². The van der Waals surface area contributed by atoms with Crippen molar-refractivity contribution in [2.24, 2.45) is 0 Å². The molecule has 0 spiro atoms. The Kier molecular flexibility index (Phi) is 34.6. The molecular formula is C42H82NO8P. The molecule has 0 heterocycles. The molecule has 0 aliphatic rings. The molecule has 308 valence electrons. The van der Waals surface area contributed by atoms with Crippen LogP contribution < -0.4 is 4.89 Å². The Morgan fingerprint density at radius 1 is 0.577 bits per heavy atom. The topological polar surface area (TPSA) is 111 Å². The maximum absolute atomic E-state index is 12.6. The second-order valence-corrected chi connectivity index (χ2v) is 17.1. The zero-order valence-corrected chi connectivity index (χ0v) is 35.4. The molecule has 10 heteroatoms. The molecule has 9 nitrogen and oxygen atoms in total. The Morgan fingerprint density at radius 3 is 1.44 bits per heavy atom. The standard InChI is InChI=1S/C42H82NO8P/c1-6-8-10-12-14-16-18-20-21-23-25-27-29-31-33-35-42(45)51-40(39-50-52(46,47)49-37-36-43(3,4)5)38-48-41(44)34-32-30-28-26-24-22-19-17-15-13-11-9-7-2/h17,19,40H,6-16,18,20-39H2,1-5H3/b19-17+/t40-/m1/s1. The second kappa shape index (κ2) is 35.5. The van der Waals surface area contributed by atoms with Crippen molar-refractivity contribution >= 4 is 19.8 Å². The zero-order chi connectivity index (χ0) is 38.6. The highest BCUT2D eigenvalue weighted by Crippen LogP contribution is 2.38. The van der Waals surface area contributed by atoms with Gasteiger partial charge in [-0.05, 0) is 38.5 Å². The predicted octanol–water partition coefficient (Wildman–Crippen LogP) is 11.2. The van der Waals surface area contributed by atoms with E-state index in [1.54, 1.807) is 0 Å². The van der Waals surface area contributed by atoms with Crippen LogP contribution in [0.2, 0.25) is 0 Å². The highest BCUT2D eigenvalue weighted by molar-refractivity contribution is 7.45. The Balaban J connectivity index is 4.36. The first-order valence-corrected chi connectivity index (χ1v) is 22.9. The Morgan fingerprint density at radius 2 is 0.981 bits per heavy atom. The van der Waals surface area contributed by atoms with E-state index < -0.39 is 26.5 Å². The van der Waals surface area contributed by atoms with Crippen LogP contribution in [0.1, 0.15) is 194 Å². The Labute approximate surface area is 320 Å². The first-order valence-electron chi connectivity index (χ1n) is 21.4. The molecule has 0 N–H and O–H groups in total. The highest BCUT2D eigenvalue weighted by Gasteiger charge is 2.21. The number of nitrogens with zero attached hydrogens (tertiary/aromatic N) is 1. The Hall–Kier alpha value is -1.25. The van der Waals surface area contributed by atoms with Gasteiger partial charge in [0.15, 0.2) is 6.10 Å². The molecule has 0 rings (SSSR count). The maximum Gasteiger partial charge on any atom is 0.306 e. The number of ether oxygens (including phenoxy) is 2. The van der Waals surface area contributed by atoms with Crippen molar-refractivity contribution in [3.63, 3.8) is 0 Å². The second-order valence-electron chi connectivity index (χ2n) is 15.7. The van der Waals surface area contributed by atoms with Crippen molar-refractivity contribution in [2.75, 3.05) is 47.5 Å². The molecule has 0 radical (unpaired) electrons. The molecule has 0 saturated carbocycles. The van der Waals surface area contributed by atoms with E-state index >= 15 is 0 Å². The van der Waals surface area contributed by atoms with Crippen LogP contribution in [0.5, 0.6) is 0 Å². The van der Waals surface area contributed by atoms with Crippen molar-refractivity contribution in [1.82, 2.24) is 0 Å². The number of likely N-dealkylation sites (N-methyl/N-ethyl adjacent to an activating group) is 1. The SMILES string of the molecule is CCCCCC/C=C/CCCCCCCC(=O)OC[C@H](COP(=O)([O-])OCC[N+](C)(C)C)OC(=O)CCCCCCCCCCCCCCCCC. The molecule has 0 saturated heterocycles. The van der Waals surface area contributed by atoms with Gasteiger partial charge in [-0.25, -0.2) is 0 Å². The molecule has 52 heavy (non-hydrogen) atoms. The Bertz CT molecular complexity index is 907. The van der Waals surface area contributed by atoms with E-state index in [4.69, 9.17) is 18.5 Å². The average Bonchev–Trinajstić information content (AvgIpc) is 3.09. The highest BCUT2D eigenvalue weighted by atomic mass is 31.2. The fourth-order valence-electron chi connectivity index (χ4n) is 5.88. The summed E-state index contributed by atoms with van der Waals surface area (Å²) < 4.78 is 33.8. The molecule has 1 unspecified atom stereocenters. The molecule has 0 aliphatic carbocycles. The minimum atomic E-state index is -4.62. The largest absolute Gasteiger partial charge is 0.756 e. The third-order valence-corrected chi connectivity index (χ3v) is 10.2. The number of rotatable bonds is 39. The lowest BCUT2D eigenvalue weighted by atomic mass is 10.0. The number of quaternary nitrogens is 1. The summed E-state index contributed by atoms with van der Waals surface area (Å²) in [5, 5.41) is 0. The number of hydrogen-bond acceptors (Lipinski definition) is 8. The summed E-state index contributed by atoms with van der Waals surface area (Å²) in [5.74, 6) is -0.837. The summed E-state index contributed by atoms with van der Waals surface area (Å²) in [5.41, 5.74) is 0. The molecule has 0 bridgehead atoms. The monoisotopic (exact) mass is 760 g/mol. The lowest BCUT2D eigenvalue weighted by molar-refractivity contribution is -0.870. The number of hydrogen-bond donors (Lipinski definition) is 0. The number of allylic oxidation sites excluding steroid dienone is 2. The van der Waals surface area contributed by atoms with Gasteiger partial charge in [0.2, 0.25) is 0 Å². The van der Waals surface area contributed by atoms with Gasteiger partial charge in [0.1, 0.15) is 19.8 Å². The fourth-order valence-corrected chi connectivity index (χ4v) is 6.61. The van der Waals surface area contributed by atoms with E-state index in [2.05, 4.69) is 26.0 Å². The van der Waals surface area contributed by atoms with Gasteiger partial charge in [-0.3, -0.25) is 14.2 Å². The molecule has 0 aromatic heterocycles.